The number of rotatable bonds is 8. The molecule has 0 saturated heterocycles. The maximum atomic E-state index is 12.7. The number of para-hydroxylation sites is 2. The van der Waals surface area contributed by atoms with Gasteiger partial charge in [0.25, 0.3) is 5.91 Å². The van der Waals surface area contributed by atoms with E-state index in [1.165, 1.54) is 0 Å². The molecule has 0 aliphatic carbocycles. The summed E-state index contributed by atoms with van der Waals surface area (Å²) in [4.78, 5) is 12.7. The lowest BCUT2D eigenvalue weighted by atomic mass is 10.2. The molecule has 148 valence electrons. The monoisotopic (exact) mass is 462 g/mol. The van der Waals surface area contributed by atoms with Gasteiger partial charge in [0.2, 0.25) is 0 Å². The van der Waals surface area contributed by atoms with Crippen molar-refractivity contribution in [1.29, 1.82) is 0 Å². The van der Waals surface area contributed by atoms with Gasteiger partial charge >= 0.3 is 0 Å². The summed E-state index contributed by atoms with van der Waals surface area (Å²) in [7, 11) is 0. The number of hydrogen-bond acceptors (Lipinski definition) is 4. The summed E-state index contributed by atoms with van der Waals surface area (Å²) in [6, 6.07) is 12.6. The number of hydrogen-bond donors (Lipinski definition) is 2. The van der Waals surface area contributed by atoms with Crippen LogP contribution in [0.3, 0.4) is 0 Å². The zero-order chi connectivity index (χ0) is 20.5. The van der Waals surface area contributed by atoms with Gasteiger partial charge in [-0.05, 0) is 61.5 Å². The van der Waals surface area contributed by atoms with Gasteiger partial charge in [-0.3, -0.25) is 10.1 Å². The Bertz CT molecular complexity index is 870. The van der Waals surface area contributed by atoms with Crippen molar-refractivity contribution < 1.29 is 14.3 Å². The van der Waals surface area contributed by atoms with Crippen molar-refractivity contribution >= 4 is 44.9 Å². The molecule has 1 amide bonds. The number of ether oxygens (including phenoxy) is 2. The van der Waals surface area contributed by atoms with Crippen LogP contribution in [0.5, 0.6) is 11.5 Å². The van der Waals surface area contributed by atoms with Crippen molar-refractivity contribution in [3.05, 3.63) is 64.7 Å². The number of carbonyl (C=O) groups is 1. The Hall–Kier alpha value is -2.38. The SMILES string of the molecule is C=C(C)COc1ccccc1NC(=S)NC(=O)c1cc(Br)ccc1OCCC. The average Bonchev–Trinajstić information content (AvgIpc) is 2.66. The van der Waals surface area contributed by atoms with Crippen LogP contribution < -0.4 is 20.1 Å². The van der Waals surface area contributed by atoms with Crippen LogP contribution in [0.2, 0.25) is 0 Å². The third kappa shape index (κ3) is 6.65. The van der Waals surface area contributed by atoms with Crippen LogP contribution in [0.1, 0.15) is 30.6 Å². The second-order valence-electron chi connectivity index (χ2n) is 6.14. The molecular weight excluding hydrogens is 440 g/mol. The predicted octanol–water partition coefficient (Wildman–Crippen LogP) is 5.32. The number of anilines is 1. The molecule has 7 heteroatoms. The summed E-state index contributed by atoms with van der Waals surface area (Å²) in [6.45, 7) is 8.64. The fraction of sp³-hybridized carbons (Fsp3) is 0.238. The number of halogens is 1. The molecule has 0 heterocycles. The van der Waals surface area contributed by atoms with Gasteiger partial charge in [-0.2, -0.15) is 0 Å². The summed E-state index contributed by atoms with van der Waals surface area (Å²) in [5.74, 6) is 0.775. The molecule has 0 spiro atoms. The molecule has 0 aromatic heterocycles. The van der Waals surface area contributed by atoms with Crippen molar-refractivity contribution in [2.75, 3.05) is 18.5 Å². The van der Waals surface area contributed by atoms with E-state index in [2.05, 4.69) is 33.1 Å². The molecule has 0 saturated carbocycles. The molecule has 28 heavy (non-hydrogen) atoms. The summed E-state index contributed by atoms with van der Waals surface area (Å²) in [5.41, 5.74) is 1.96. The quantitative estimate of drug-likeness (QED) is 0.410. The van der Waals surface area contributed by atoms with Crippen LogP contribution >= 0.6 is 28.1 Å². The van der Waals surface area contributed by atoms with E-state index in [1.807, 2.05) is 44.2 Å². The fourth-order valence-corrected chi connectivity index (χ4v) is 2.80. The third-order valence-electron chi connectivity index (χ3n) is 3.48. The molecule has 5 nitrogen and oxygen atoms in total. The minimum absolute atomic E-state index is 0.165. The Morgan fingerprint density at radius 3 is 2.64 bits per heavy atom. The highest BCUT2D eigenvalue weighted by Crippen LogP contribution is 2.25. The third-order valence-corrected chi connectivity index (χ3v) is 4.18. The minimum Gasteiger partial charge on any atom is -0.493 e. The first-order valence-electron chi connectivity index (χ1n) is 8.81. The van der Waals surface area contributed by atoms with E-state index in [-0.39, 0.29) is 11.0 Å². The van der Waals surface area contributed by atoms with E-state index in [4.69, 9.17) is 21.7 Å². The first-order valence-corrected chi connectivity index (χ1v) is 10.0. The van der Waals surface area contributed by atoms with Gasteiger partial charge in [-0.15, -0.1) is 0 Å². The van der Waals surface area contributed by atoms with Gasteiger partial charge < -0.3 is 14.8 Å². The van der Waals surface area contributed by atoms with Gasteiger partial charge in [0.15, 0.2) is 5.11 Å². The smallest absolute Gasteiger partial charge is 0.261 e. The van der Waals surface area contributed by atoms with Gasteiger partial charge in [-0.25, -0.2) is 0 Å². The molecule has 2 aromatic rings. The predicted molar refractivity (Wildman–Crippen MR) is 120 cm³/mol. The number of nitrogens with one attached hydrogen (secondary N) is 2. The van der Waals surface area contributed by atoms with E-state index in [1.54, 1.807) is 12.1 Å². The van der Waals surface area contributed by atoms with Crippen LogP contribution in [0.15, 0.2) is 59.1 Å². The van der Waals surface area contributed by atoms with E-state index < -0.39 is 0 Å². The lowest BCUT2D eigenvalue weighted by Gasteiger charge is -2.15. The Morgan fingerprint density at radius 1 is 1.18 bits per heavy atom. The summed E-state index contributed by atoms with van der Waals surface area (Å²) >= 11 is 8.69. The Morgan fingerprint density at radius 2 is 1.93 bits per heavy atom. The standard InChI is InChI=1S/C21H23BrN2O3S/c1-4-11-26-18-10-9-15(22)12-16(18)20(25)24-21(28)23-17-7-5-6-8-19(17)27-13-14(2)3/h5-10,12H,2,4,11,13H2,1,3H3,(H2,23,24,25,28). The van der Waals surface area contributed by atoms with Crippen LogP contribution in [-0.2, 0) is 0 Å². The largest absolute Gasteiger partial charge is 0.493 e. The molecule has 0 unspecified atom stereocenters. The highest BCUT2D eigenvalue weighted by Gasteiger charge is 2.15. The van der Waals surface area contributed by atoms with Crippen molar-refractivity contribution in [3.8, 4) is 11.5 Å². The van der Waals surface area contributed by atoms with Gasteiger partial charge in [0, 0.05) is 4.47 Å². The molecule has 2 N–H and O–H groups in total. The normalized spacial score (nSPS) is 10.1. The Kier molecular flexibility index (Phi) is 8.47. The van der Waals surface area contributed by atoms with Gasteiger partial charge in [0.05, 0.1) is 17.9 Å². The fourth-order valence-electron chi connectivity index (χ4n) is 2.24. The van der Waals surface area contributed by atoms with Crippen molar-refractivity contribution in [3.63, 3.8) is 0 Å². The summed E-state index contributed by atoms with van der Waals surface area (Å²) in [5, 5.41) is 5.86. The first kappa shape index (κ1) is 21.9. The Balaban J connectivity index is 2.09. The highest BCUT2D eigenvalue weighted by atomic mass is 79.9. The lowest BCUT2D eigenvalue weighted by molar-refractivity contribution is 0.0973. The molecule has 0 bridgehead atoms. The topological polar surface area (TPSA) is 59.6 Å². The van der Waals surface area contributed by atoms with E-state index >= 15 is 0 Å². The van der Waals surface area contributed by atoms with Gasteiger partial charge in [0.1, 0.15) is 18.1 Å². The van der Waals surface area contributed by atoms with E-state index in [0.717, 1.165) is 16.5 Å². The minimum atomic E-state index is -0.356. The number of benzene rings is 2. The molecule has 0 aliphatic heterocycles. The second-order valence-corrected chi connectivity index (χ2v) is 7.46. The Labute approximate surface area is 179 Å². The zero-order valence-electron chi connectivity index (χ0n) is 15.9. The molecule has 0 radical (unpaired) electrons. The average molecular weight is 463 g/mol. The molecule has 0 fully saturated rings. The molecule has 0 atom stereocenters. The number of amides is 1. The van der Waals surface area contributed by atoms with Crippen molar-refractivity contribution in [2.45, 2.75) is 20.3 Å². The first-order chi connectivity index (χ1) is 13.4. The second kappa shape index (κ2) is 10.8. The van der Waals surface area contributed by atoms with Crippen LogP contribution in [0, 0.1) is 0 Å². The molecule has 2 rings (SSSR count). The maximum Gasteiger partial charge on any atom is 0.261 e. The van der Waals surface area contributed by atoms with Crippen LogP contribution in [-0.4, -0.2) is 24.2 Å². The van der Waals surface area contributed by atoms with Crippen molar-refractivity contribution in [2.24, 2.45) is 0 Å². The highest BCUT2D eigenvalue weighted by molar-refractivity contribution is 9.10. The van der Waals surface area contributed by atoms with Gasteiger partial charge in [-0.1, -0.05) is 41.6 Å². The van der Waals surface area contributed by atoms with Crippen molar-refractivity contribution in [1.82, 2.24) is 5.32 Å². The summed E-state index contributed by atoms with van der Waals surface area (Å²) in [6.07, 6.45) is 0.845. The molecular formula is C21H23BrN2O3S. The van der Waals surface area contributed by atoms with E-state index in [0.29, 0.717) is 36.0 Å². The number of carbonyl (C=O) groups excluding carboxylic acids is 1. The lowest BCUT2D eigenvalue weighted by Crippen LogP contribution is -2.34. The maximum absolute atomic E-state index is 12.7. The molecule has 0 aliphatic rings. The summed E-state index contributed by atoms with van der Waals surface area (Å²) < 4.78 is 12.1. The van der Waals surface area contributed by atoms with Crippen LogP contribution in [0.25, 0.3) is 0 Å². The zero-order valence-corrected chi connectivity index (χ0v) is 18.3. The molecule has 2 aromatic carbocycles. The number of thiocarbonyl (C=S) groups is 1. The van der Waals surface area contributed by atoms with Crippen LogP contribution in [0.4, 0.5) is 5.69 Å². The van der Waals surface area contributed by atoms with E-state index in [9.17, 15) is 4.79 Å².